The van der Waals surface area contributed by atoms with Crippen molar-refractivity contribution in [3.8, 4) is 0 Å². The second kappa shape index (κ2) is 5.14. The molecule has 0 aliphatic heterocycles. The van der Waals surface area contributed by atoms with Gasteiger partial charge in [-0.1, -0.05) is 6.92 Å². The minimum atomic E-state index is 0.703. The van der Waals surface area contributed by atoms with E-state index in [1.807, 2.05) is 19.3 Å². The maximum Gasteiger partial charge on any atom is 0.224 e. The van der Waals surface area contributed by atoms with Gasteiger partial charge in [0.05, 0.1) is 0 Å². The zero-order valence-corrected chi connectivity index (χ0v) is 10.1. The first-order valence-electron chi connectivity index (χ1n) is 6.09. The van der Waals surface area contributed by atoms with Crippen LogP contribution >= 0.6 is 0 Å². The molecule has 1 N–H and O–H groups in total. The van der Waals surface area contributed by atoms with Crippen LogP contribution in [0.5, 0.6) is 0 Å². The molecular weight excluding hydrogens is 200 g/mol. The lowest BCUT2D eigenvalue weighted by Gasteiger charge is -2.23. The number of anilines is 2. The topological polar surface area (TPSA) is 41.1 Å². The Bertz CT molecular complexity index is 336. The fraction of sp³-hybridized carbons (Fsp3) is 0.667. The number of nitrogens with zero attached hydrogens (tertiary/aromatic N) is 3. The van der Waals surface area contributed by atoms with E-state index < -0.39 is 0 Å². The van der Waals surface area contributed by atoms with Gasteiger partial charge in [-0.25, -0.2) is 4.98 Å². The van der Waals surface area contributed by atoms with Crippen LogP contribution in [-0.4, -0.2) is 30.1 Å². The van der Waals surface area contributed by atoms with Gasteiger partial charge in [0.2, 0.25) is 5.95 Å². The third kappa shape index (κ3) is 2.84. The van der Waals surface area contributed by atoms with Crippen molar-refractivity contribution in [1.29, 1.82) is 0 Å². The van der Waals surface area contributed by atoms with E-state index in [0.29, 0.717) is 5.95 Å². The summed E-state index contributed by atoms with van der Waals surface area (Å²) < 4.78 is 0. The molecule has 0 bridgehead atoms. The molecule has 0 aromatic carbocycles. The molecule has 0 saturated heterocycles. The smallest absolute Gasteiger partial charge is 0.224 e. The molecule has 0 unspecified atom stereocenters. The summed E-state index contributed by atoms with van der Waals surface area (Å²) in [6, 6.07) is 2.00. The first-order valence-corrected chi connectivity index (χ1v) is 6.09. The van der Waals surface area contributed by atoms with E-state index in [1.54, 1.807) is 0 Å². The molecule has 0 spiro atoms. The minimum Gasteiger partial charge on any atom is -0.357 e. The Balaban J connectivity index is 2.08. The van der Waals surface area contributed by atoms with E-state index >= 15 is 0 Å². The van der Waals surface area contributed by atoms with Gasteiger partial charge in [0.15, 0.2) is 0 Å². The highest BCUT2D eigenvalue weighted by Gasteiger charge is 2.24. The first-order chi connectivity index (χ1) is 7.83. The van der Waals surface area contributed by atoms with E-state index in [-0.39, 0.29) is 0 Å². The molecule has 4 nitrogen and oxygen atoms in total. The third-order valence-electron chi connectivity index (χ3n) is 2.86. The summed E-state index contributed by atoms with van der Waals surface area (Å²) in [5, 5.41) is 2.98. The summed E-state index contributed by atoms with van der Waals surface area (Å²) in [6.07, 6.45) is 5.74. The van der Waals surface area contributed by atoms with Gasteiger partial charge in [-0.3, -0.25) is 0 Å². The Hall–Kier alpha value is -1.32. The van der Waals surface area contributed by atoms with Crippen molar-refractivity contribution in [2.75, 3.05) is 30.4 Å². The highest BCUT2D eigenvalue weighted by molar-refractivity contribution is 5.42. The van der Waals surface area contributed by atoms with Gasteiger partial charge in [0, 0.05) is 26.3 Å². The molecule has 2 rings (SSSR count). The van der Waals surface area contributed by atoms with Crippen LogP contribution in [0, 0.1) is 5.92 Å². The SMILES string of the molecule is CCCN(CC1CC1)c1ccnc(NC)n1. The Morgan fingerprint density at radius 3 is 2.94 bits per heavy atom. The average Bonchev–Trinajstić information content (AvgIpc) is 3.12. The molecule has 1 aromatic heterocycles. The molecule has 88 valence electrons. The van der Waals surface area contributed by atoms with Crippen LogP contribution in [0.25, 0.3) is 0 Å². The fourth-order valence-corrected chi connectivity index (χ4v) is 1.83. The second-order valence-electron chi connectivity index (χ2n) is 4.38. The van der Waals surface area contributed by atoms with Crippen molar-refractivity contribution >= 4 is 11.8 Å². The highest BCUT2D eigenvalue weighted by atomic mass is 15.2. The molecule has 1 fully saturated rings. The van der Waals surface area contributed by atoms with Gasteiger partial charge in [-0.15, -0.1) is 0 Å². The van der Waals surface area contributed by atoms with Gasteiger partial charge in [-0.2, -0.15) is 4.98 Å². The molecule has 0 atom stereocenters. The first kappa shape index (κ1) is 11.2. The number of nitrogens with one attached hydrogen (secondary N) is 1. The molecule has 1 aliphatic carbocycles. The van der Waals surface area contributed by atoms with Gasteiger partial charge in [-0.05, 0) is 31.2 Å². The minimum absolute atomic E-state index is 0.703. The van der Waals surface area contributed by atoms with Gasteiger partial charge in [0.1, 0.15) is 5.82 Å². The monoisotopic (exact) mass is 220 g/mol. The zero-order chi connectivity index (χ0) is 11.4. The van der Waals surface area contributed by atoms with Crippen molar-refractivity contribution in [2.45, 2.75) is 26.2 Å². The molecule has 1 saturated carbocycles. The zero-order valence-electron chi connectivity index (χ0n) is 10.1. The Morgan fingerprint density at radius 1 is 1.50 bits per heavy atom. The molecule has 1 aliphatic rings. The molecule has 0 amide bonds. The number of hydrogen-bond donors (Lipinski definition) is 1. The van der Waals surface area contributed by atoms with Crippen molar-refractivity contribution in [1.82, 2.24) is 9.97 Å². The molecule has 1 heterocycles. The summed E-state index contributed by atoms with van der Waals surface area (Å²) >= 11 is 0. The van der Waals surface area contributed by atoms with Crippen molar-refractivity contribution in [2.24, 2.45) is 5.92 Å². The van der Waals surface area contributed by atoms with E-state index in [0.717, 1.165) is 31.2 Å². The highest BCUT2D eigenvalue weighted by Crippen LogP contribution is 2.31. The maximum atomic E-state index is 4.49. The summed E-state index contributed by atoms with van der Waals surface area (Å²) in [5.41, 5.74) is 0. The van der Waals surface area contributed by atoms with Crippen molar-refractivity contribution < 1.29 is 0 Å². The maximum absolute atomic E-state index is 4.49. The second-order valence-corrected chi connectivity index (χ2v) is 4.38. The summed E-state index contributed by atoms with van der Waals surface area (Å²) in [4.78, 5) is 11.0. The Morgan fingerprint density at radius 2 is 2.31 bits per heavy atom. The third-order valence-corrected chi connectivity index (χ3v) is 2.86. The summed E-state index contributed by atoms with van der Waals surface area (Å²) in [7, 11) is 1.85. The quantitative estimate of drug-likeness (QED) is 0.797. The standard InChI is InChI=1S/C12H20N4/c1-3-8-16(9-10-4-5-10)11-6-7-14-12(13-2)15-11/h6-7,10H,3-5,8-9H2,1-2H3,(H,13,14,15). The Kier molecular flexibility index (Phi) is 3.59. The van der Waals surface area contributed by atoms with Gasteiger partial charge < -0.3 is 10.2 Å². The molecular formula is C12H20N4. The molecule has 4 heteroatoms. The normalized spacial score (nSPS) is 14.9. The number of hydrogen-bond acceptors (Lipinski definition) is 4. The van der Waals surface area contributed by atoms with Crippen LogP contribution in [0.1, 0.15) is 26.2 Å². The van der Waals surface area contributed by atoms with Crippen molar-refractivity contribution in [3.05, 3.63) is 12.3 Å². The van der Waals surface area contributed by atoms with Gasteiger partial charge >= 0.3 is 0 Å². The van der Waals surface area contributed by atoms with Gasteiger partial charge in [0.25, 0.3) is 0 Å². The molecule has 16 heavy (non-hydrogen) atoms. The van der Waals surface area contributed by atoms with E-state index in [1.165, 1.54) is 12.8 Å². The van der Waals surface area contributed by atoms with Crippen molar-refractivity contribution in [3.63, 3.8) is 0 Å². The van der Waals surface area contributed by atoms with E-state index in [4.69, 9.17) is 0 Å². The van der Waals surface area contributed by atoms with Crippen LogP contribution in [0.4, 0.5) is 11.8 Å². The fourth-order valence-electron chi connectivity index (χ4n) is 1.83. The van der Waals surface area contributed by atoms with Crippen LogP contribution in [0.3, 0.4) is 0 Å². The van der Waals surface area contributed by atoms with Crippen LogP contribution in [0.15, 0.2) is 12.3 Å². The average molecular weight is 220 g/mol. The van der Waals surface area contributed by atoms with E-state index in [9.17, 15) is 0 Å². The lowest BCUT2D eigenvalue weighted by atomic mass is 10.3. The number of aromatic nitrogens is 2. The predicted octanol–water partition coefficient (Wildman–Crippen LogP) is 2.14. The molecule has 0 radical (unpaired) electrons. The largest absolute Gasteiger partial charge is 0.357 e. The molecule has 1 aromatic rings. The summed E-state index contributed by atoms with van der Waals surface area (Å²) in [6.45, 7) is 4.44. The lowest BCUT2D eigenvalue weighted by Crippen LogP contribution is -2.27. The predicted molar refractivity (Wildman–Crippen MR) is 66.8 cm³/mol. The van der Waals surface area contributed by atoms with Crippen LogP contribution in [0.2, 0.25) is 0 Å². The summed E-state index contributed by atoms with van der Waals surface area (Å²) in [5.74, 6) is 2.64. The lowest BCUT2D eigenvalue weighted by molar-refractivity contribution is 0.698. The van der Waals surface area contributed by atoms with Crippen LogP contribution in [-0.2, 0) is 0 Å². The Labute approximate surface area is 97.1 Å². The van der Waals surface area contributed by atoms with E-state index in [2.05, 4.69) is 27.1 Å². The number of rotatable bonds is 6. The van der Waals surface area contributed by atoms with Crippen LogP contribution < -0.4 is 10.2 Å².